The summed E-state index contributed by atoms with van der Waals surface area (Å²) < 4.78 is 23.9. The minimum Gasteiger partial charge on any atom is -0.497 e. The van der Waals surface area contributed by atoms with Gasteiger partial charge < -0.3 is 14.4 Å². The zero-order chi connectivity index (χ0) is 22.7. The van der Waals surface area contributed by atoms with Crippen molar-refractivity contribution in [1.82, 2.24) is 9.88 Å². The summed E-state index contributed by atoms with van der Waals surface area (Å²) in [5.41, 5.74) is 4.51. The molecule has 5 nitrogen and oxygen atoms in total. The largest absolute Gasteiger partial charge is 0.497 e. The van der Waals surface area contributed by atoms with Gasteiger partial charge in [-0.15, -0.1) is 0 Å². The highest BCUT2D eigenvalue weighted by molar-refractivity contribution is 5.97. The molecule has 0 N–H and O–H groups in total. The fourth-order valence-electron chi connectivity index (χ4n) is 4.24. The van der Waals surface area contributed by atoms with E-state index in [1.54, 1.807) is 44.6 Å². The molecule has 0 bridgehead atoms. The van der Waals surface area contributed by atoms with Crippen molar-refractivity contribution in [3.8, 4) is 22.6 Å². The summed E-state index contributed by atoms with van der Waals surface area (Å²) in [6.45, 7) is 3.28. The van der Waals surface area contributed by atoms with Crippen LogP contribution in [-0.4, -0.2) is 43.1 Å². The second-order valence-electron chi connectivity index (χ2n) is 8.06. The van der Waals surface area contributed by atoms with Crippen LogP contribution in [0.2, 0.25) is 0 Å². The fourth-order valence-corrected chi connectivity index (χ4v) is 4.24. The molecule has 0 radical (unpaired) electrons. The lowest BCUT2D eigenvalue weighted by Crippen LogP contribution is -2.38. The van der Waals surface area contributed by atoms with Gasteiger partial charge in [-0.25, -0.2) is 4.39 Å². The number of pyridine rings is 1. The molecule has 1 aliphatic heterocycles. The molecule has 1 saturated heterocycles. The minimum absolute atomic E-state index is 0.0350. The first-order valence-electron chi connectivity index (χ1n) is 10.7. The van der Waals surface area contributed by atoms with Gasteiger partial charge in [-0.1, -0.05) is 12.1 Å². The molecule has 3 aromatic rings. The van der Waals surface area contributed by atoms with Gasteiger partial charge in [0.15, 0.2) is 0 Å². The fraction of sp³-hybridized carbons (Fsp3) is 0.308. The third-order valence-electron chi connectivity index (χ3n) is 5.99. The van der Waals surface area contributed by atoms with Crippen LogP contribution < -0.4 is 9.47 Å². The van der Waals surface area contributed by atoms with Crippen LogP contribution in [0.3, 0.4) is 0 Å². The lowest BCUT2D eigenvalue weighted by atomic mass is 9.91. The van der Waals surface area contributed by atoms with E-state index in [0.29, 0.717) is 30.2 Å². The van der Waals surface area contributed by atoms with Gasteiger partial charge in [0.05, 0.1) is 19.8 Å². The van der Waals surface area contributed by atoms with Gasteiger partial charge in [-0.3, -0.25) is 9.78 Å². The van der Waals surface area contributed by atoms with Crippen molar-refractivity contribution in [1.29, 1.82) is 0 Å². The Morgan fingerprint density at radius 2 is 1.69 bits per heavy atom. The molecule has 0 spiro atoms. The van der Waals surface area contributed by atoms with Crippen LogP contribution >= 0.6 is 0 Å². The zero-order valence-corrected chi connectivity index (χ0v) is 18.6. The van der Waals surface area contributed by atoms with E-state index in [-0.39, 0.29) is 17.6 Å². The van der Waals surface area contributed by atoms with Crippen LogP contribution in [0.25, 0.3) is 11.1 Å². The number of amides is 1. The Bertz CT molecular complexity index is 1110. The Balaban J connectivity index is 1.48. The first-order valence-corrected chi connectivity index (χ1v) is 10.7. The van der Waals surface area contributed by atoms with Crippen molar-refractivity contribution in [2.24, 2.45) is 0 Å². The molecule has 1 aliphatic rings. The van der Waals surface area contributed by atoms with Crippen LogP contribution in [0.5, 0.6) is 11.5 Å². The minimum atomic E-state index is -0.245. The first kappa shape index (κ1) is 21.8. The lowest BCUT2D eigenvalue weighted by molar-refractivity contribution is 0.0708. The first-order chi connectivity index (χ1) is 15.5. The number of hydrogen-bond donors (Lipinski definition) is 0. The van der Waals surface area contributed by atoms with Crippen molar-refractivity contribution in [3.63, 3.8) is 0 Å². The summed E-state index contributed by atoms with van der Waals surface area (Å²) in [5.74, 6) is 1.16. The number of likely N-dealkylation sites (tertiary alicyclic amines) is 1. The number of ether oxygens (including phenoxy) is 2. The third-order valence-corrected chi connectivity index (χ3v) is 5.99. The summed E-state index contributed by atoms with van der Waals surface area (Å²) in [5, 5.41) is 0. The van der Waals surface area contributed by atoms with Gasteiger partial charge >= 0.3 is 0 Å². The molecule has 166 valence electrons. The van der Waals surface area contributed by atoms with E-state index in [4.69, 9.17) is 14.5 Å². The monoisotopic (exact) mass is 434 g/mol. The summed E-state index contributed by atoms with van der Waals surface area (Å²) >= 11 is 0. The highest BCUT2D eigenvalue weighted by atomic mass is 19.1. The molecule has 1 aromatic heterocycles. The number of halogens is 1. The summed E-state index contributed by atoms with van der Waals surface area (Å²) in [6.07, 6.45) is 1.67. The van der Waals surface area contributed by atoms with Gasteiger partial charge in [0.25, 0.3) is 5.91 Å². The summed E-state index contributed by atoms with van der Waals surface area (Å²) in [4.78, 5) is 19.7. The molecule has 2 heterocycles. The number of carbonyl (C=O) groups is 1. The van der Waals surface area contributed by atoms with E-state index in [1.165, 1.54) is 12.1 Å². The standard InChI is InChI=1S/C26H27FN2O3/c1-17-14-20(18-4-6-21(27)7-5-18)15-24(28-17)19-10-12-29(13-11-19)26(30)23-9-8-22(31-2)16-25(23)32-3/h4-9,14-16,19H,10-13H2,1-3H3. The number of hydrogen-bond acceptors (Lipinski definition) is 4. The second kappa shape index (κ2) is 9.39. The van der Waals surface area contributed by atoms with E-state index in [2.05, 4.69) is 6.07 Å². The molecule has 0 unspecified atom stereocenters. The summed E-state index contributed by atoms with van der Waals surface area (Å²) in [6, 6.07) is 15.9. The van der Waals surface area contributed by atoms with Crippen molar-refractivity contribution in [3.05, 3.63) is 77.4 Å². The number of aromatic nitrogens is 1. The molecular formula is C26H27FN2O3. The molecule has 1 fully saturated rings. The number of methoxy groups -OCH3 is 2. The smallest absolute Gasteiger partial charge is 0.257 e. The molecule has 32 heavy (non-hydrogen) atoms. The molecule has 4 rings (SSSR count). The Labute approximate surface area is 187 Å². The Morgan fingerprint density at radius 1 is 0.969 bits per heavy atom. The zero-order valence-electron chi connectivity index (χ0n) is 18.6. The van der Waals surface area contributed by atoms with Gasteiger partial charge in [0, 0.05) is 36.5 Å². The van der Waals surface area contributed by atoms with E-state index >= 15 is 0 Å². The number of piperidine rings is 1. The molecule has 1 amide bonds. The number of nitrogens with zero attached hydrogens (tertiary/aromatic N) is 2. The molecule has 0 atom stereocenters. The van der Waals surface area contributed by atoms with Crippen molar-refractivity contribution < 1.29 is 18.7 Å². The van der Waals surface area contributed by atoms with Crippen LogP contribution in [0.1, 0.15) is 40.5 Å². The predicted octanol–water partition coefficient (Wildman–Crippen LogP) is 5.23. The van der Waals surface area contributed by atoms with E-state index in [9.17, 15) is 9.18 Å². The van der Waals surface area contributed by atoms with Gasteiger partial charge in [0.1, 0.15) is 17.3 Å². The number of carbonyl (C=O) groups excluding carboxylic acids is 1. The Hall–Kier alpha value is -3.41. The maximum atomic E-state index is 13.3. The van der Waals surface area contributed by atoms with E-state index < -0.39 is 0 Å². The lowest BCUT2D eigenvalue weighted by Gasteiger charge is -2.32. The molecule has 0 aliphatic carbocycles. The maximum absolute atomic E-state index is 13.3. The van der Waals surface area contributed by atoms with Gasteiger partial charge in [-0.2, -0.15) is 0 Å². The third kappa shape index (κ3) is 4.59. The topological polar surface area (TPSA) is 51.7 Å². The molecule has 2 aromatic carbocycles. The van der Waals surface area contributed by atoms with Crippen LogP contribution in [-0.2, 0) is 0 Å². The molecule has 0 saturated carbocycles. The average molecular weight is 435 g/mol. The second-order valence-corrected chi connectivity index (χ2v) is 8.06. The summed E-state index contributed by atoms with van der Waals surface area (Å²) in [7, 11) is 3.14. The maximum Gasteiger partial charge on any atom is 0.257 e. The average Bonchev–Trinajstić information content (AvgIpc) is 2.83. The highest BCUT2D eigenvalue weighted by Crippen LogP contribution is 2.32. The Morgan fingerprint density at radius 3 is 2.34 bits per heavy atom. The predicted molar refractivity (Wildman–Crippen MR) is 122 cm³/mol. The number of benzene rings is 2. The Kier molecular flexibility index (Phi) is 6.40. The van der Waals surface area contributed by atoms with Crippen LogP contribution in [0, 0.1) is 12.7 Å². The molecule has 6 heteroatoms. The van der Waals surface area contributed by atoms with Gasteiger partial charge in [0.2, 0.25) is 0 Å². The quantitative estimate of drug-likeness (QED) is 0.552. The number of aryl methyl sites for hydroxylation is 1. The van der Waals surface area contributed by atoms with Gasteiger partial charge in [-0.05, 0) is 67.3 Å². The normalized spacial score (nSPS) is 14.3. The molecular weight excluding hydrogens is 407 g/mol. The number of rotatable bonds is 5. The SMILES string of the molecule is COc1ccc(C(=O)N2CCC(c3cc(-c4ccc(F)cc4)cc(C)n3)CC2)c(OC)c1. The van der Waals surface area contributed by atoms with Crippen LogP contribution in [0.15, 0.2) is 54.6 Å². The van der Waals surface area contributed by atoms with Crippen molar-refractivity contribution in [2.75, 3.05) is 27.3 Å². The van der Waals surface area contributed by atoms with E-state index in [1.807, 2.05) is 17.9 Å². The van der Waals surface area contributed by atoms with Crippen LogP contribution in [0.4, 0.5) is 4.39 Å². The highest BCUT2D eigenvalue weighted by Gasteiger charge is 2.27. The van der Waals surface area contributed by atoms with Crippen molar-refractivity contribution in [2.45, 2.75) is 25.7 Å². The van der Waals surface area contributed by atoms with E-state index in [0.717, 1.165) is 35.4 Å². The van der Waals surface area contributed by atoms with Crippen molar-refractivity contribution >= 4 is 5.91 Å².